The van der Waals surface area contributed by atoms with E-state index < -0.39 is 17.4 Å². The number of carbonyl (C=O) groups excluding carboxylic acids is 1. The first-order valence-corrected chi connectivity index (χ1v) is 6.34. The van der Waals surface area contributed by atoms with Crippen molar-refractivity contribution in [2.45, 2.75) is 31.2 Å². The van der Waals surface area contributed by atoms with Crippen molar-refractivity contribution < 1.29 is 19.8 Å². The Morgan fingerprint density at radius 2 is 1.74 bits per heavy atom. The second-order valence-electron chi connectivity index (χ2n) is 4.95. The third kappa shape index (κ3) is 2.76. The summed E-state index contributed by atoms with van der Waals surface area (Å²) in [5.74, 6) is -1.57. The fourth-order valence-corrected chi connectivity index (χ4v) is 2.55. The molecule has 0 aliphatic heterocycles. The van der Waals surface area contributed by atoms with E-state index in [4.69, 9.17) is 5.11 Å². The Labute approximate surface area is 111 Å². The normalized spacial score (nSPS) is 17.1. The predicted octanol–water partition coefficient (Wildman–Crippen LogP) is 1.42. The molecule has 5 heteroatoms. The SMILES string of the molecule is O=C(O)c1ccccc1C(=O)NC1(CO)CCCC1. The summed E-state index contributed by atoms with van der Waals surface area (Å²) in [5, 5.41) is 21.3. The van der Waals surface area contributed by atoms with Crippen LogP contribution in [-0.2, 0) is 0 Å². The van der Waals surface area contributed by atoms with Crippen molar-refractivity contribution in [1.82, 2.24) is 5.32 Å². The monoisotopic (exact) mass is 263 g/mol. The molecule has 0 unspecified atom stereocenters. The molecule has 0 saturated heterocycles. The number of rotatable bonds is 4. The van der Waals surface area contributed by atoms with Crippen molar-refractivity contribution >= 4 is 11.9 Å². The minimum atomic E-state index is -1.13. The van der Waals surface area contributed by atoms with E-state index in [1.54, 1.807) is 12.1 Å². The maximum absolute atomic E-state index is 12.2. The fraction of sp³-hybridized carbons (Fsp3) is 0.429. The largest absolute Gasteiger partial charge is 0.478 e. The molecule has 0 aromatic heterocycles. The minimum Gasteiger partial charge on any atom is -0.478 e. The molecule has 1 saturated carbocycles. The second-order valence-corrected chi connectivity index (χ2v) is 4.95. The van der Waals surface area contributed by atoms with Crippen molar-refractivity contribution in [3.05, 3.63) is 35.4 Å². The van der Waals surface area contributed by atoms with Gasteiger partial charge in [0.15, 0.2) is 0 Å². The molecular weight excluding hydrogens is 246 g/mol. The van der Waals surface area contributed by atoms with Gasteiger partial charge in [0.05, 0.1) is 23.3 Å². The summed E-state index contributed by atoms with van der Waals surface area (Å²) in [6, 6.07) is 6.09. The Morgan fingerprint density at radius 1 is 1.16 bits per heavy atom. The van der Waals surface area contributed by atoms with E-state index in [0.29, 0.717) is 0 Å². The summed E-state index contributed by atoms with van der Waals surface area (Å²) in [6.45, 7) is -0.117. The van der Waals surface area contributed by atoms with E-state index in [1.807, 2.05) is 0 Å². The number of aromatic carboxylic acids is 1. The highest BCUT2D eigenvalue weighted by Crippen LogP contribution is 2.29. The minimum absolute atomic E-state index is 0.0221. The molecule has 1 amide bonds. The zero-order valence-electron chi connectivity index (χ0n) is 10.6. The van der Waals surface area contributed by atoms with Crippen LogP contribution in [0.4, 0.5) is 0 Å². The van der Waals surface area contributed by atoms with E-state index in [0.717, 1.165) is 25.7 Å². The van der Waals surface area contributed by atoms with Crippen LogP contribution in [0.1, 0.15) is 46.4 Å². The van der Waals surface area contributed by atoms with Crippen molar-refractivity contribution in [3.63, 3.8) is 0 Å². The van der Waals surface area contributed by atoms with Gasteiger partial charge in [0.1, 0.15) is 0 Å². The van der Waals surface area contributed by atoms with Crippen LogP contribution in [0.3, 0.4) is 0 Å². The van der Waals surface area contributed by atoms with Gasteiger partial charge >= 0.3 is 5.97 Å². The maximum Gasteiger partial charge on any atom is 0.336 e. The van der Waals surface area contributed by atoms with E-state index in [2.05, 4.69) is 5.32 Å². The van der Waals surface area contributed by atoms with Gasteiger partial charge in [0.2, 0.25) is 0 Å². The third-order valence-electron chi connectivity index (χ3n) is 3.64. The number of aliphatic hydroxyl groups excluding tert-OH is 1. The molecule has 2 rings (SSSR count). The first-order valence-electron chi connectivity index (χ1n) is 6.34. The average Bonchev–Trinajstić information content (AvgIpc) is 2.87. The molecule has 5 nitrogen and oxygen atoms in total. The van der Waals surface area contributed by atoms with Crippen LogP contribution in [-0.4, -0.2) is 34.2 Å². The van der Waals surface area contributed by atoms with Crippen molar-refractivity contribution in [2.24, 2.45) is 0 Å². The third-order valence-corrected chi connectivity index (χ3v) is 3.64. The molecule has 102 valence electrons. The highest BCUT2D eigenvalue weighted by molar-refractivity contribution is 6.05. The van der Waals surface area contributed by atoms with Crippen LogP contribution in [0, 0.1) is 0 Å². The molecule has 1 aromatic rings. The van der Waals surface area contributed by atoms with Crippen LogP contribution in [0.5, 0.6) is 0 Å². The first kappa shape index (κ1) is 13.5. The molecule has 0 heterocycles. The molecule has 0 atom stereocenters. The molecule has 1 aromatic carbocycles. The zero-order valence-corrected chi connectivity index (χ0v) is 10.6. The van der Waals surface area contributed by atoms with Crippen LogP contribution < -0.4 is 5.32 Å². The lowest BCUT2D eigenvalue weighted by molar-refractivity contribution is 0.0686. The molecule has 0 spiro atoms. The van der Waals surface area contributed by atoms with Gasteiger partial charge in [-0.2, -0.15) is 0 Å². The van der Waals surface area contributed by atoms with Gasteiger partial charge in [0, 0.05) is 0 Å². The molecule has 0 bridgehead atoms. The van der Waals surface area contributed by atoms with E-state index in [-0.39, 0.29) is 17.7 Å². The number of carbonyl (C=O) groups is 2. The Kier molecular flexibility index (Phi) is 3.85. The van der Waals surface area contributed by atoms with Gasteiger partial charge in [-0.05, 0) is 25.0 Å². The number of aliphatic hydroxyl groups is 1. The molecule has 1 aliphatic carbocycles. The summed E-state index contributed by atoms with van der Waals surface area (Å²) < 4.78 is 0. The quantitative estimate of drug-likeness (QED) is 0.766. The van der Waals surface area contributed by atoms with E-state index in [1.165, 1.54) is 12.1 Å². The second kappa shape index (κ2) is 5.40. The number of carboxylic acid groups (broad SMARTS) is 1. The lowest BCUT2D eigenvalue weighted by atomic mass is 9.97. The number of hydrogen-bond donors (Lipinski definition) is 3. The molecule has 19 heavy (non-hydrogen) atoms. The Hall–Kier alpha value is -1.88. The highest BCUT2D eigenvalue weighted by atomic mass is 16.4. The van der Waals surface area contributed by atoms with E-state index in [9.17, 15) is 14.7 Å². The molecule has 0 radical (unpaired) electrons. The lowest BCUT2D eigenvalue weighted by Crippen LogP contribution is -2.49. The Morgan fingerprint density at radius 3 is 2.26 bits per heavy atom. The first-order chi connectivity index (χ1) is 9.08. The topological polar surface area (TPSA) is 86.6 Å². The van der Waals surface area contributed by atoms with Crippen molar-refractivity contribution in [1.29, 1.82) is 0 Å². The average molecular weight is 263 g/mol. The summed E-state index contributed by atoms with van der Waals surface area (Å²) in [4.78, 5) is 23.3. The smallest absolute Gasteiger partial charge is 0.336 e. The van der Waals surface area contributed by atoms with E-state index >= 15 is 0 Å². The molecular formula is C14H17NO4. The number of carboxylic acids is 1. The molecule has 1 aliphatic rings. The number of nitrogens with one attached hydrogen (secondary N) is 1. The highest BCUT2D eigenvalue weighted by Gasteiger charge is 2.35. The van der Waals surface area contributed by atoms with Gasteiger partial charge in [-0.3, -0.25) is 4.79 Å². The lowest BCUT2D eigenvalue weighted by Gasteiger charge is -2.28. The Balaban J connectivity index is 2.23. The van der Waals surface area contributed by atoms with Gasteiger partial charge in [-0.25, -0.2) is 4.79 Å². The Bertz CT molecular complexity index is 492. The van der Waals surface area contributed by atoms with Crippen LogP contribution in [0.2, 0.25) is 0 Å². The van der Waals surface area contributed by atoms with Gasteiger partial charge < -0.3 is 15.5 Å². The molecule has 1 fully saturated rings. The van der Waals surface area contributed by atoms with Gasteiger partial charge in [-0.15, -0.1) is 0 Å². The number of amides is 1. The summed E-state index contributed by atoms with van der Waals surface area (Å²) in [7, 11) is 0. The van der Waals surface area contributed by atoms with Crippen molar-refractivity contribution in [3.8, 4) is 0 Å². The summed E-state index contributed by atoms with van der Waals surface area (Å²) >= 11 is 0. The number of benzene rings is 1. The predicted molar refractivity (Wildman–Crippen MR) is 69.2 cm³/mol. The summed E-state index contributed by atoms with van der Waals surface area (Å²) in [5.41, 5.74) is -0.483. The van der Waals surface area contributed by atoms with Gasteiger partial charge in [0.25, 0.3) is 5.91 Å². The fourth-order valence-electron chi connectivity index (χ4n) is 2.55. The zero-order chi connectivity index (χ0) is 13.9. The van der Waals surface area contributed by atoms with Crippen LogP contribution >= 0.6 is 0 Å². The molecule has 3 N–H and O–H groups in total. The van der Waals surface area contributed by atoms with Crippen LogP contribution in [0.25, 0.3) is 0 Å². The maximum atomic E-state index is 12.2. The standard InChI is InChI=1S/C14H17NO4/c16-9-14(7-3-4-8-14)15-12(17)10-5-1-2-6-11(10)13(18)19/h1-2,5-6,16H,3-4,7-9H2,(H,15,17)(H,18,19). The van der Waals surface area contributed by atoms with Crippen LogP contribution in [0.15, 0.2) is 24.3 Å². The summed E-state index contributed by atoms with van der Waals surface area (Å²) in [6.07, 6.45) is 3.37. The van der Waals surface area contributed by atoms with Crippen molar-refractivity contribution in [2.75, 3.05) is 6.61 Å². The number of hydrogen-bond acceptors (Lipinski definition) is 3. The van der Waals surface area contributed by atoms with Gasteiger partial charge in [-0.1, -0.05) is 25.0 Å².